The van der Waals surface area contributed by atoms with Gasteiger partial charge in [0.05, 0.1) is 12.0 Å². The summed E-state index contributed by atoms with van der Waals surface area (Å²) in [4.78, 5) is 23.8. The number of thioether (sulfide) groups is 1. The number of benzene rings is 3. The number of carbonyl (C=O) groups excluding carboxylic acids is 2. The van der Waals surface area contributed by atoms with Crippen molar-refractivity contribution in [2.75, 3.05) is 17.7 Å². The van der Waals surface area contributed by atoms with Crippen LogP contribution < -0.4 is 15.5 Å². The fourth-order valence-electron chi connectivity index (χ4n) is 2.62. The van der Waals surface area contributed by atoms with E-state index in [9.17, 15) is 9.59 Å². The Balaban J connectivity index is 1.35. The molecule has 3 aromatic rings. The third-order valence-corrected chi connectivity index (χ3v) is 5.60. The Labute approximate surface area is 199 Å². The van der Waals surface area contributed by atoms with E-state index in [4.69, 9.17) is 4.74 Å². The van der Waals surface area contributed by atoms with Gasteiger partial charge in [0.2, 0.25) is 5.91 Å². The molecule has 3 rings (SSSR count). The zero-order chi connectivity index (χ0) is 22.6. The van der Waals surface area contributed by atoms with Crippen molar-refractivity contribution in [1.29, 1.82) is 0 Å². The van der Waals surface area contributed by atoms with Crippen LogP contribution >= 0.6 is 27.7 Å². The second-order valence-corrected chi connectivity index (χ2v) is 8.59. The van der Waals surface area contributed by atoms with Gasteiger partial charge in [-0.25, -0.2) is 5.43 Å². The van der Waals surface area contributed by atoms with Gasteiger partial charge in [-0.2, -0.15) is 5.10 Å². The van der Waals surface area contributed by atoms with Crippen LogP contribution in [0.5, 0.6) is 5.75 Å². The van der Waals surface area contributed by atoms with Gasteiger partial charge in [0.25, 0.3) is 5.91 Å². The molecule has 0 spiro atoms. The van der Waals surface area contributed by atoms with E-state index in [0.717, 1.165) is 27.0 Å². The topological polar surface area (TPSA) is 79.8 Å². The van der Waals surface area contributed by atoms with Crippen molar-refractivity contribution in [2.24, 2.45) is 5.10 Å². The quantitative estimate of drug-likeness (QED) is 0.301. The highest BCUT2D eigenvalue weighted by Gasteiger charge is 2.04. The first-order valence-electron chi connectivity index (χ1n) is 9.80. The minimum atomic E-state index is -0.234. The molecule has 0 aliphatic carbocycles. The Morgan fingerprint density at radius 3 is 2.50 bits per heavy atom. The summed E-state index contributed by atoms with van der Waals surface area (Å²) in [6.07, 6.45) is 1.56. The van der Waals surface area contributed by atoms with Crippen LogP contribution in [0.4, 0.5) is 5.69 Å². The number of nitrogens with one attached hydrogen (secondary N) is 2. The Kier molecular flexibility index (Phi) is 9.34. The molecule has 0 aliphatic rings. The van der Waals surface area contributed by atoms with E-state index in [0.29, 0.717) is 11.5 Å². The number of para-hydroxylation sites is 1. The first kappa shape index (κ1) is 23.6. The number of anilines is 1. The summed E-state index contributed by atoms with van der Waals surface area (Å²) < 4.78 is 6.52. The number of nitrogens with zero attached hydrogens (tertiary/aromatic N) is 1. The van der Waals surface area contributed by atoms with Crippen molar-refractivity contribution in [1.82, 2.24) is 5.43 Å². The highest BCUT2D eigenvalue weighted by Crippen LogP contribution is 2.17. The lowest BCUT2D eigenvalue weighted by molar-refractivity contribution is -0.119. The van der Waals surface area contributed by atoms with Crippen LogP contribution in [-0.2, 0) is 15.3 Å². The number of hydrazone groups is 1. The van der Waals surface area contributed by atoms with Crippen molar-refractivity contribution in [3.63, 3.8) is 0 Å². The summed E-state index contributed by atoms with van der Waals surface area (Å²) in [5, 5.41) is 6.74. The number of rotatable bonds is 10. The highest BCUT2D eigenvalue weighted by molar-refractivity contribution is 9.10. The normalized spacial score (nSPS) is 10.7. The van der Waals surface area contributed by atoms with Crippen LogP contribution in [0.1, 0.15) is 11.1 Å². The second-order valence-electron chi connectivity index (χ2n) is 6.69. The van der Waals surface area contributed by atoms with E-state index >= 15 is 0 Å². The number of hydrogen-bond donors (Lipinski definition) is 2. The molecule has 2 N–H and O–H groups in total. The van der Waals surface area contributed by atoms with Crippen LogP contribution in [-0.4, -0.2) is 30.4 Å². The summed E-state index contributed by atoms with van der Waals surface area (Å²) in [5.41, 5.74) is 5.20. The number of hydrogen-bond acceptors (Lipinski definition) is 5. The van der Waals surface area contributed by atoms with Crippen LogP contribution in [0.3, 0.4) is 0 Å². The van der Waals surface area contributed by atoms with Gasteiger partial charge >= 0.3 is 0 Å². The summed E-state index contributed by atoms with van der Waals surface area (Å²) in [6, 6.07) is 24.3. The minimum absolute atomic E-state index is 0.0873. The number of carbonyl (C=O) groups is 2. The summed E-state index contributed by atoms with van der Waals surface area (Å²) in [7, 11) is 0. The third kappa shape index (κ3) is 8.56. The standard InChI is InChI=1S/C24H22BrN3O3S/c25-20-6-4-5-19(13-20)16-32-17-24(30)28-26-14-18-9-11-22(12-10-18)31-15-23(29)27-21-7-2-1-3-8-21/h1-14H,15-17H2,(H,27,29)(H,28,30)/b26-14-. The van der Waals surface area contributed by atoms with Gasteiger partial charge in [-0.3, -0.25) is 9.59 Å². The predicted octanol–water partition coefficient (Wildman–Crippen LogP) is 4.85. The van der Waals surface area contributed by atoms with E-state index in [-0.39, 0.29) is 18.4 Å². The van der Waals surface area contributed by atoms with Gasteiger partial charge in [0.15, 0.2) is 6.61 Å². The zero-order valence-corrected chi connectivity index (χ0v) is 19.6. The molecule has 0 saturated carbocycles. The van der Waals surface area contributed by atoms with E-state index in [1.165, 1.54) is 11.8 Å². The third-order valence-electron chi connectivity index (χ3n) is 4.10. The van der Waals surface area contributed by atoms with E-state index in [1.807, 2.05) is 54.6 Å². The zero-order valence-electron chi connectivity index (χ0n) is 17.2. The molecule has 164 valence electrons. The molecule has 8 heteroatoms. The fourth-order valence-corrected chi connectivity index (χ4v) is 3.83. The Bertz CT molecular complexity index is 1060. The monoisotopic (exact) mass is 511 g/mol. The Hall–Kier alpha value is -3.10. The molecule has 0 radical (unpaired) electrons. The van der Waals surface area contributed by atoms with Gasteiger partial charge in [-0.05, 0) is 59.7 Å². The van der Waals surface area contributed by atoms with Gasteiger partial charge < -0.3 is 10.1 Å². The first-order chi connectivity index (χ1) is 15.6. The molecule has 0 fully saturated rings. The maximum atomic E-state index is 11.9. The molecule has 0 aliphatic heterocycles. The van der Waals surface area contributed by atoms with Gasteiger partial charge in [0.1, 0.15) is 5.75 Å². The summed E-state index contributed by atoms with van der Waals surface area (Å²) in [6.45, 7) is -0.0873. The lowest BCUT2D eigenvalue weighted by Gasteiger charge is -2.07. The maximum absolute atomic E-state index is 11.9. The van der Waals surface area contributed by atoms with E-state index in [2.05, 4.69) is 31.8 Å². The van der Waals surface area contributed by atoms with Crippen molar-refractivity contribution in [2.45, 2.75) is 5.75 Å². The molecular formula is C24H22BrN3O3S. The van der Waals surface area contributed by atoms with Crippen molar-refractivity contribution in [3.05, 3.63) is 94.5 Å². The van der Waals surface area contributed by atoms with Crippen molar-refractivity contribution >= 4 is 51.4 Å². The molecule has 0 bridgehead atoms. The molecule has 0 saturated heterocycles. The van der Waals surface area contributed by atoms with Gasteiger partial charge in [-0.1, -0.05) is 46.3 Å². The Morgan fingerprint density at radius 2 is 1.75 bits per heavy atom. The first-order valence-corrected chi connectivity index (χ1v) is 11.7. The largest absolute Gasteiger partial charge is 0.484 e. The smallest absolute Gasteiger partial charge is 0.262 e. The molecule has 3 aromatic carbocycles. The van der Waals surface area contributed by atoms with Gasteiger partial charge in [-0.15, -0.1) is 11.8 Å². The fraction of sp³-hybridized carbons (Fsp3) is 0.125. The molecule has 32 heavy (non-hydrogen) atoms. The second kappa shape index (κ2) is 12.7. The lowest BCUT2D eigenvalue weighted by atomic mass is 10.2. The van der Waals surface area contributed by atoms with Crippen molar-refractivity contribution in [3.8, 4) is 5.75 Å². The molecule has 2 amide bonds. The molecule has 0 atom stereocenters. The number of amides is 2. The molecular weight excluding hydrogens is 490 g/mol. The van der Waals surface area contributed by atoms with Crippen LogP contribution in [0.25, 0.3) is 0 Å². The SMILES string of the molecule is O=C(CSCc1cccc(Br)c1)N/N=C\c1ccc(OCC(=O)Nc2ccccc2)cc1. The van der Waals surface area contributed by atoms with Crippen molar-refractivity contribution < 1.29 is 14.3 Å². The predicted molar refractivity (Wildman–Crippen MR) is 133 cm³/mol. The number of halogens is 1. The maximum Gasteiger partial charge on any atom is 0.262 e. The van der Waals surface area contributed by atoms with Gasteiger partial charge in [0, 0.05) is 15.9 Å². The average molecular weight is 512 g/mol. The lowest BCUT2D eigenvalue weighted by Crippen LogP contribution is -2.20. The summed E-state index contributed by atoms with van der Waals surface area (Å²) >= 11 is 4.96. The summed E-state index contributed by atoms with van der Waals surface area (Å²) in [5.74, 6) is 1.24. The van der Waals surface area contributed by atoms with E-state index in [1.54, 1.807) is 30.5 Å². The number of ether oxygens (including phenoxy) is 1. The Morgan fingerprint density at radius 1 is 0.969 bits per heavy atom. The molecule has 0 aromatic heterocycles. The highest BCUT2D eigenvalue weighted by atomic mass is 79.9. The minimum Gasteiger partial charge on any atom is -0.484 e. The van der Waals surface area contributed by atoms with Crippen LogP contribution in [0.15, 0.2) is 88.4 Å². The van der Waals surface area contributed by atoms with E-state index < -0.39 is 0 Å². The molecule has 0 heterocycles. The molecule has 6 nitrogen and oxygen atoms in total. The average Bonchev–Trinajstić information content (AvgIpc) is 2.79. The van der Waals surface area contributed by atoms with Crippen LogP contribution in [0, 0.1) is 0 Å². The molecule has 0 unspecified atom stereocenters. The van der Waals surface area contributed by atoms with Crippen LogP contribution in [0.2, 0.25) is 0 Å².